The molecule has 66 valence electrons. The molecule has 0 radical (unpaired) electrons. The van der Waals surface area contributed by atoms with E-state index in [2.05, 4.69) is 0 Å². The van der Waals surface area contributed by atoms with Crippen LogP contribution in [0.1, 0.15) is 25.7 Å². The molecule has 0 spiro atoms. The zero-order chi connectivity index (χ0) is 8.27. The Labute approximate surface area is 67.0 Å². The van der Waals surface area contributed by atoms with E-state index >= 15 is 0 Å². The minimum atomic E-state index is -1.13. The summed E-state index contributed by atoms with van der Waals surface area (Å²) in [6, 6.07) is 0. The summed E-state index contributed by atoms with van der Waals surface area (Å²) in [6.45, 7) is 0. The summed E-state index contributed by atoms with van der Waals surface area (Å²) < 4.78 is 5.16. The summed E-state index contributed by atoms with van der Waals surface area (Å²) in [6.07, 6.45) is 2.86. The van der Waals surface area contributed by atoms with Crippen molar-refractivity contribution in [2.24, 2.45) is 5.92 Å². The molecule has 0 unspecified atom stereocenters. The van der Waals surface area contributed by atoms with Gasteiger partial charge in [-0.05, 0) is 25.7 Å². The molecule has 2 N–H and O–H groups in total. The van der Waals surface area contributed by atoms with Gasteiger partial charge in [0.15, 0.2) is 6.29 Å². The Morgan fingerprint density at radius 2 is 1.73 bits per heavy atom. The van der Waals surface area contributed by atoms with Crippen LogP contribution < -0.4 is 0 Å². The van der Waals surface area contributed by atoms with Crippen LogP contribution in [0.15, 0.2) is 0 Å². The molecule has 1 aliphatic carbocycles. The van der Waals surface area contributed by atoms with E-state index in [1.54, 1.807) is 7.11 Å². The Bertz CT molecular complexity index is 106. The molecule has 0 saturated heterocycles. The number of aliphatic hydroxyl groups excluding tert-OH is 1. The predicted octanol–water partition coefficient (Wildman–Crippen LogP) is 0.502. The van der Waals surface area contributed by atoms with E-state index in [9.17, 15) is 0 Å². The third-order valence-corrected chi connectivity index (χ3v) is 2.47. The van der Waals surface area contributed by atoms with Gasteiger partial charge in [-0.15, -0.1) is 0 Å². The first-order chi connectivity index (χ1) is 5.24. The average Bonchev–Trinajstić information content (AvgIpc) is 2.05. The number of methoxy groups -OCH3 is 1. The largest absolute Gasteiger partial charge is 0.381 e. The van der Waals surface area contributed by atoms with Crippen molar-refractivity contribution >= 4 is 0 Å². The van der Waals surface area contributed by atoms with Crippen molar-refractivity contribution in [1.82, 2.24) is 0 Å². The summed E-state index contributed by atoms with van der Waals surface area (Å²) in [5.74, 6) is 0.0707. The second-order valence-electron chi connectivity index (χ2n) is 3.19. The fraction of sp³-hybridized carbons (Fsp3) is 1.00. The third-order valence-electron chi connectivity index (χ3n) is 2.47. The van der Waals surface area contributed by atoms with Crippen LogP contribution in [0.3, 0.4) is 0 Å². The number of hydrogen-bond donors (Lipinski definition) is 2. The van der Waals surface area contributed by atoms with E-state index in [-0.39, 0.29) is 5.92 Å². The highest BCUT2D eigenvalue weighted by Crippen LogP contribution is 2.27. The maximum absolute atomic E-state index is 8.85. The molecule has 3 heteroatoms. The Morgan fingerprint density at radius 1 is 1.18 bits per heavy atom. The molecule has 0 aliphatic heterocycles. The molecule has 0 amide bonds. The molecule has 1 rings (SSSR count). The summed E-state index contributed by atoms with van der Waals surface area (Å²) in [5.41, 5.74) is 0. The number of aliphatic hydroxyl groups is 2. The Hall–Kier alpha value is -0.120. The Balaban J connectivity index is 2.24. The van der Waals surface area contributed by atoms with Crippen LogP contribution in [-0.4, -0.2) is 29.7 Å². The van der Waals surface area contributed by atoms with E-state index in [1.165, 1.54) is 0 Å². The first-order valence-corrected chi connectivity index (χ1v) is 4.13. The molecule has 0 aromatic heterocycles. The van der Waals surface area contributed by atoms with Crippen molar-refractivity contribution in [1.29, 1.82) is 0 Å². The van der Waals surface area contributed by atoms with E-state index in [1.807, 2.05) is 0 Å². The van der Waals surface area contributed by atoms with E-state index < -0.39 is 6.29 Å². The van der Waals surface area contributed by atoms with E-state index in [0.717, 1.165) is 25.7 Å². The quantitative estimate of drug-likeness (QED) is 0.578. The number of hydrogen-bond acceptors (Lipinski definition) is 3. The van der Waals surface area contributed by atoms with Crippen LogP contribution in [0.4, 0.5) is 0 Å². The highest BCUT2D eigenvalue weighted by molar-refractivity contribution is 4.73. The van der Waals surface area contributed by atoms with Crippen molar-refractivity contribution in [2.75, 3.05) is 7.11 Å². The molecule has 1 fully saturated rings. The van der Waals surface area contributed by atoms with Gasteiger partial charge in [0.2, 0.25) is 0 Å². The second kappa shape index (κ2) is 4.04. The van der Waals surface area contributed by atoms with Crippen LogP contribution >= 0.6 is 0 Å². The number of ether oxygens (including phenoxy) is 1. The summed E-state index contributed by atoms with van der Waals surface area (Å²) in [4.78, 5) is 0. The highest BCUT2D eigenvalue weighted by Gasteiger charge is 2.24. The Morgan fingerprint density at radius 3 is 2.09 bits per heavy atom. The highest BCUT2D eigenvalue weighted by atomic mass is 16.5. The fourth-order valence-electron chi connectivity index (χ4n) is 1.62. The normalized spacial score (nSPS) is 32.7. The van der Waals surface area contributed by atoms with Gasteiger partial charge in [0.1, 0.15) is 0 Å². The lowest BCUT2D eigenvalue weighted by Crippen LogP contribution is -2.28. The molecular formula is C8H16O3. The van der Waals surface area contributed by atoms with Gasteiger partial charge in [0.25, 0.3) is 0 Å². The van der Waals surface area contributed by atoms with Gasteiger partial charge < -0.3 is 14.9 Å². The second-order valence-corrected chi connectivity index (χ2v) is 3.19. The lowest BCUT2D eigenvalue weighted by molar-refractivity contribution is -0.102. The molecular weight excluding hydrogens is 144 g/mol. The van der Waals surface area contributed by atoms with Gasteiger partial charge in [-0.2, -0.15) is 0 Å². The van der Waals surface area contributed by atoms with Crippen LogP contribution in [0.2, 0.25) is 0 Å². The molecule has 1 saturated carbocycles. The van der Waals surface area contributed by atoms with Crippen molar-refractivity contribution < 1.29 is 14.9 Å². The molecule has 0 bridgehead atoms. The lowest BCUT2D eigenvalue weighted by atomic mass is 9.87. The lowest BCUT2D eigenvalue weighted by Gasteiger charge is -2.28. The minimum Gasteiger partial charge on any atom is -0.381 e. The van der Waals surface area contributed by atoms with Crippen LogP contribution in [0.25, 0.3) is 0 Å². The van der Waals surface area contributed by atoms with Gasteiger partial charge >= 0.3 is 0 Å². The molecule has 11 heavy (non-hydrogen) atoms. The zero-order valence-electron chi connectivity index (χ0n) is 6.86. The molecule has 0 atom stereocenters. The van der Waals surface area contributed by atoms with Crippen LogP contribution in [0, 0.1) is 5.92 Å². The number of rotatable bonds is 2. The van der Waals surface area contributed by atoms with Crippen molar-refractivity contribution in [3.05, 3.63) is 0 Å². The topological polar surface area (TPSA) is 49.7 Å². The third kappa shape index (κ3) is 2.43. The van der Waals surface area contributed by atoms with Crippen molar-refractivity contribution in [3.63, 3.8) is 0 Å². The smallest absolute Gasteiger partial charge is 0.154 e. The molecule has 3 nitrogen and oxygen atoms in total. The average molecular weight is 160 g/mol. The first-order valence-electron chi connectivity index (χ1n) is 4.13. The molecule has 0 aromatic rings. The van der Waals surface area contributed by atoms with Crippen LogP contribution in [-0.2, 0) is 4.74 Å². The summed E-state index contributed by atoms with van der Waals surface area (Å²) in [7, 11) is 1.71. The Kier molecular flexibility index (Phi) is 3.30. The van der Waals surface area contributed by atoms with Crippen molar-refractivity contribution in [3.8, 4) is 0 Å². The van der Waals surface area contributed by atoms with Gasteiger partial charge in [-0.25, -0.2) is 0 Å². The molecule has 0 aromatic carbocycles. The zero-order valence-corrected chi connectivity index (χ0v) is 6.86. The van der Waals surface area contributed by atoms with Crippen molar-refractivity contribution in [2.45, 2.75) is 38.1 Å². The van der Waals surface area contributed by atoms with Crippen LogP contribution in [0.5, 0.6) is 0 Å². The van der Waals surface area contributed by atoms with Gasteiger partial charge in [0.05, 0.1) is 6.10 Å². The van der Waals surface area contributed by atoms with E-state index in [0.29, 0.717) is 6.10 Å². The first kappa shape index (κ1) is 8.97. The predicted molar refractivity (Wildman–Crippen MR) is 41.0 cm³/mol. The van der Waals surface area contributed by atoms with Gasteiger partial charge in [-0.3, -0.25) is 0 Å². The van der Waals surface area contributed by atoms with E-state index in [4.69, 9.17) is 14.9 Å². The maximum Gasteiger partial charge on any atom is 0.154 e. The maximum atomic E-state index is 8.85. The molecule has 1 aliphatic rings. The molecule has 0 heterocycles. The summed E-state index contributed by atoms with van der Waals surface area (Å²) in [5, 5.41) is 17.7. The SMILES string of the molecule is COC1CCC(C(O)O)CC1. The van der Waals surface area contributed by atoms with Gasteiger partial charge in [0, 0.05) is 13.0 Å². The fourth-order valence-corrected chi connectivity index (χ4v) is 1.62. The summed E-state index contributed by atoms with van der Waals surface area (Å²) >= 11 is 0. The monoisotopic (exact) mass is 160 g/mol. The minimum absolute atomic E-state index is 0.0707. The standard InChI is InChI=1S/C8H16O3/c1-11-7-4-2-6(3-5-7)8(9)10/h6-10H,2-5H2,1H3. The van der Waals surface area contributed by atoms with Gasteiger partial charge in [-0.1, -0.05) is 0 Å².